The second-order valence-electron chi connectivity index (χ2n) is 6.41. The first-order chi connectivity index (χ1) is 8.79. The summed E-state index contributed by atoms with van der Waals surface area (Å²) in [5.41, 5.74) is 2.45. The second kappa shape index (κ2) is 6.19. The van der Waals surface area contributed by atoms with Crippen molar-refractivity contribution in [2.24, 2.45) is 0 Å². The molecular weight excluding hydrogens is 311 g/mol. The normalized spacial score (nSPS) is 11.4. The molecule has 0 atom stereocenters. The summed E-state index contributed by atoms with van der Waals surface area (Å²) in [4.78, 5) is 0. The van der Waals surface area contributed by atoms with Crippen LogP contribution in [0.3, 0.4) is 0 Å². The van der Waals surface area contributed by atoms with Crippen molar-refractivity contribution in [1.82, 2.24) is 0 Å². The molecule has 0 spiro atoms. The van der Waals surface area contributed by atoms with Gasteiger partial charge in [0.15, 0.2) is 0 Å². The minimum absolute atomic E-state index is 0. The van der Waals surface area contributed by atoms with Gasteiger partial charge in [-0.1, -0.05) is 50.0 Å². The molecule has 0 aromatic heterocycles. The summed E-state index contributed by atoms with van der Waals surface area (Å²) in [6.07, 6.45) is 0.997. The molecule has 0 aliphatic heterocycles. The molecule has 0 aliphatic rings. The summed E-state index contributed by atoms with van der Waals surface area (Å²) in [6.45, 7) is 9.13. The van der Waals surface area contributed by atoms with Gasteiger partial charge in [0.1, 0.15) is 0 Å². The number of hydrogen-bond donors (Lipinski definition) is 0. The van der Waals surface area contributed by atoms with E-state index in [4.69, 9.17) is 0 Å². The molecule has 0 fully saturated rings. The van der Waals surface area contributed by atoms with Crippen molar-refractivity contribution in [1.29, 1.82) is 0 Å². The predicted octanol–water partition coefficient (Wildman–Crippen LogP) is 3.17. The number of aryl methyl sites for hydroxylation is 2. The zero-order valence-corrected chi connectivity index (χ0v) is 14.3. The average molecular weight is 331 g/mol. The molecule has 2 aromatic rings. The van der Waals surface area contributed by atoms with E-state index in [2.05, 4.69) is 26.6 Å². The van der Waals surface area contributed by atoms with E-state index in [1.165, 1.54) is 23.2 Å². The summed E-state index contributed by atoms with van der Waals surface area (Å²) in [7, 11) is -1.11. The van der Waals surface area contributed by atoms with E-state index in [0.29, 0.717) is 5.39 Å². The molecular formula is C16H20NiO2Si. The van der Waals surface area contributed by atoms with E-state index in [1.807, 2.05) is 12.1 Å². The molecule has 2 rings (SSSR count). The van der Waals surface area contributed by atoms with E-state index in [0.717, 1.165) is 11.8 Å². The molecule has 0 amide bonds. The van der Waals surface area contributed by atoms with E-state index >= 15 is 0 Å². The Kier molecular flexibility index (Phi) is 5.28. The molecule has 0 unspecified atom stereocenters. The van der Waals surface area contributed by atoms with Gasteiger partial charge >= 0.3 is 16.5 Å². The van der Waals surface area contributed by atoms with Gasteiger partial charge in [-0.25, -0.2) is 0 Å². The maximum Gasteiger partial charge on any atom is 2.00 e. The first-order valence-corrected chi connectivity index (χ1v) is 10.4. The smallest absolute Gasteiger partial charge is 0.873 e. The van der Waals surface area contributed by atoms with Crippen molar-refractivity contribution in [3.8, 4) is 11.5 Å². The van der Waals surface area contributed by atoms with E-state index in [9.17, 15) is 10.2 Å². The fourth-order valence-electron chi connectivity index (χ4n) is 2.36. The van der Waals surface area contributed by atoms with Gasteiger partial charge in [-0.15, -0.1) is 11.5 Å². The van der Waals surface area contributed by atoms with Crippen molar-refractivity contribution >= 4 is 18.8 Å². The minimum Gasteiger partial charge on any atom is -0.873 e. The van der Waals surface area contributed by atoms with Crippen LogP contribution in [0.15, 0.2) is 24.3 Å². The fraction of sp³-hybridized carbons (Fsp3) is 0.375. The Hall–Kier alpha value is -0.990. The quantitative estimate of drug-likeness (QED) is 0.811. The van der Waals surface area contributed by atoms with Gasteiger partial charge in [0.05, 0.1) is 0 Å². The van der Waals surface area contributed by atoms with Crippen LogP contribution >= 0.6 is 0 Å². The van der Waals surface area contributed by atoms with Gasteiger partial charge in [-0.3, -0.25) is 0 Å². The molecule has 0 aliphatic carbocycles. The maximum absolute atomic E-state index is 11.9. The number of benzene rings is 2. The Morgan fingerprint density at radius 1 is 0.950 bits per heavy atom. The average Bonchev–Trinajstić information content (AvgIpc) is 2.31. The Morgan fingerprint density at radius 3 is 2.15 bits per heavy atom. The van der Waals surface area contributed by atoms with Crippen LogP contribution in [0, 0.1) is 6.92 Å². The third-order valence-corrected chi connectivity index (χ3v) is 5.34. The Labute approximate surface area is 131 Å². The third kappa shape index (κ3) is 3.56. The second-order valence-corrected chi connectivity index (χ2v) is 12.0. The maximum atomic E-state index is 11.9. The van der Waals surface area contributed by atoms with Crippen molar-refractivity contribution in [3.05, 3.63) is 35.4 Å². The summed E-state index contributed by atoms with van der Waals surface area (Å²) in [5.74, 6) is -0.778. The molecule has 110 valence electrons. The Morgan fingerprint density at radius 2 is 1.55 bits per heavy atom. The van der Waals surface area contributed by atoms with E-state index < -0.39 is 13.8 Å². The Balaban J connectivity index is 0.00000200. The van der Waals surface area contributed by atoms with Crippen LogP contribution in [0.25, 0.3) is 10.8 Å². The minimum atomic E-state index is -1.11. The first kappa shape index (κ1) is 17.1. The molecule has 0 radical (unpaired) electrons. The predicted molar refractivity (Wildman–Crippen MR) is 79.4 cm³/mol. The molecule has 20 heavy (non-hydrogen) atoms. The molecule has 0 heterocycles. The summed E-state index contributed by atoms with van der Waals surface area (Å²) in [6, 6.07) is 8.16. The number of hydrogen-bond acceptors (Lipinski definition) is 2. The van der Waals surface area contributed by atoms with Crippen LogP contribution in [0.4, 0.5) is 0 Å². The van der Waals surface area contributed by atoms with Crippen molar-refractivity contribution < 1.29 is 26.7 Å². The van der Waals surface area contributed by atoms with Gasteiger partial charge in [-0.05, 0) is 35.2 Å². The van der Waals surface area contributed by atoms with Crippen LogP contribution in [-0.2, 0) is 22.9 Å². The summed E-state index contributed by atoms with van der Waals surface area (Å²) < 4.78 is 0. The SMILES string of the molecule is Cc1ccc2c([O-])c([O-])ccc2c1CC[Si](C)(C)C.[Ni+2]. The van der Waals surface area contributed by atoms with Gasteiger partial charge in [-0.2, -0.15) is 0 Å². The zero-order chi connectivity index (χ0) is 14.2. The number of rotatable bonds is 3. The molecule has 0 bridgehead atoms. The largest absolute Gasteiger partial charge is 2.00 e. The third-order valence-electron chi connectivity index (χ3n) is 3.59. The van der Waals surface area contributed by atoms with Gasteiger partial charge in [0.25, 0.3) is 0 Å². The first-order valence-electron chi connectivity index (χ1n) is 6.69. The molecule has 0 saturated carbocycles. The molecule has 0 saturated heterocycles. The van der Waals surface area contributed by atoms with Gasteiger partial charge in [0.2, 0.25) is 0 Å². The molecule has 0 N–H and O–H groups in total. The van der Waals surface area contributed by atoms with Crippen LogP contribution < -0.4 is 10.2 Å². The molecule has 4 heteroatoms. The monoisotopic (exact) mass is 330 g/mol. The van der Waals surface area contributed by atoms with Crippen LogP contribution in [0.2, 0.25) is 25.7 Å². The van der Waals surface area contributed by atoms with Gasteiger partial charge in [0, 0.05) is 8.07 Å². The Bertz CT molecular complexity index is 618. The van der Waals surface area contributed by atoms with E-state index in [-0.39, 0.29) is 22.2 Å². The van der Waals surface area contributed by atoms with Crippen molar-refractivity contribution in [2.75, 3.05) is 0 Å². The molecule has 2 aromatic carbocycles. The van der Waals surface area contributed by atoms with Crippen LogP contribution in [0.1, 0.15) is 11.1 Å². The zero-order valence-electron chi connectivity index (χ0n) is 12.4. The van der Waals surface area contributed by atoms with Crippen LogP contribution in [-0.4, -0.2) is 8.07 Å². The summed E-state index contributed by atoms with van der Waals surface area (Å²) in [5, 5.41) is 24.9. The topological polar surface area (TPSA) is 46.1 Å². The van der Waals surface area contributed by atoms with Gasteiger partial charge < -0.3 is 10.2 Å². The molecule has 2 nitrogen and oxygen atoms in total. The van der Waals surface area contributed by atoms with Crippen molar-refractivity contribution in [2.45, 2.75) is 39.0 Å². The summed E-state index contributed by atoms with van der Waals surface area (Å²) >= 11 is 0. The van der Waals surface area contributed by atoms with E-state index in [1.54, 1.807) is 6.07 Å². The number of fused-ring (bicyclic) bond motifs is 1. The van der Waals surface area contributed by atoms with Crippen LogP contribution in [0.5, 0.6) is 11.5 Å². The van der Waals surface area contributed by atoms with Crippen molar-refractivity contribution in [3.63, 3.8) is 0 Å². The standard InChI is InChI=1S/C16H22O2Si.Ni/c1-11-5-6-14-13(7-8-15(17)16(14)18)12(11)9-10-19(2,3)4;/h5-8,17-18H,9-10H2,1-4H3;/q;+2/p-2. The fourth-order valence-corrected chi connectivity index (χ4v) is 3.36.